The number of hydrogen-bond donors (Lipinski definition) is 0. The minimum Gasteiger partial charge on any atom is -0.471 e. The van der Waals surface area contributed by atoms with Gasteiger partial charge >= 0.3 is 0 Å². The molecule has 3 aromatic carbocycles. The van der Waals surface area contributed by atoms with Crippen LogP contribution in [-0.2, 0) is 16.6 Å². The van der Waals surface area contributed by atoms with Crippen molar-refractivity contribution in [3.8, 4) is 11.6 Å². The van der Waals surface area contributed by atoms with Gasteiger partial charge in [-0.1, -0.05) is 62.4 Å². The number of fused-ring (bicyclic) bond motifs is 5. The van der Waals surface area contributed by atoms with E-state index in [0.29, 0.717) is 17.5 Å². The summed E-state index contributed by atoms with van der Waals surface area (Å²) in [5.41, 5.74) is 9.76. The molecule has 0 spiro atoms. The van der Waals surface area contributed by atoms with Crippen molar-refractivity contribution >= 4 is 23.1 Å². The van der Waals surface area contributed by atoms with Crippen molar-refractivity contribution in [2.45, 2.75) is 51.7 Å². The van der Waals surface area contributed by atoms with Crippen LogP contribution in [-0.4, -0.2) is 22.0 Å². The van der Waals surface area contributed by atoms with Crippen LogP contribution in [0.15, 0.2) is 102 Å². The molecule has 0 amide bonds. The predicted molar refractivity (Wildman–Crippen MR) is 169 cm³/mol. The molecule has 2 atom stereocenters. The van der Waals surface area contributed by atoms with Crippen LogP contribution in [0.1, 0.15) is 59.0 Å². The molecule has 6 heteroatoms. The number of aromatic nitrogens is 2. The molecule has 0 N–H and O–H groups in total. The highest BCUT2D eigenvalue weighted by Gasteiger charge is 2.40. The van der Waals surface area contributed by atoms with E-state index in [1.807, 2.05) is 37.4 Å². The summed E-state index contributed by atoms with van der Waals surface area (Å²) in [6.07, 6.45) is 2.78. The Kier molecular flexibility index (Phi) is 5.70. The summed E-state index contributed by atoms with van der Waals surface area (Å²) < 4.78 is 12.8. The van der Waals surface area contributed by atoms with Crippen molar-refractivity contribution in [1.29, 1.82) is 0 Å². The van der Waals surface area contributed by atoms with Crippen LogP contribution < -0.4 is 9.64 Å². The van der Waals surface area contributed by atoms with E-state index in [9.17, 15) is 0 Å². The molecule has 8 rings (SSSR count). The number of anilines is 3. The van der Waals surface area contributed by atoms with Gasteiger partial charge in [0.25, 0.3) is 0 Å². The van der Waals surface area contributed by atoms with E-state index in [2.05, 4.69) is 92.4 Å². The number of nitrogens with zero attached hydrogens (tertiary/aromatic N) is 4. The Morgan fingerprint density at radius 2 is 1.70 bits per heavy atom. The second kappa shape index (κ2) is 9.53. The molecule has 43 heavy (non-hydrogen) atoms. The van der Waals surface area contributed by atoms with Crippen LogP contribution in [0.2, 0.25) is 0 Å². The number of pyridine rings is 2. The maximum Gasteiger partial charge on any atom is 0.220 e. The average molecular weight is 565 g/mol. The van der Waals surface area contributed by atoms with Crippen LogP contribution in [0, 0.1) is 13.8 Å². The van der Waals surface area contributed by atoms with Crippen LogP contribution >= 0.6 is 0 Å². The SMILES string of the molecule is Cc1cc(Oc2cc(C3=N[C@@H]4c5ccccc5C[C@@H]4O3)cc(C)n2)cc(N2c3ccccc3C(C)(C)c3cccnc32)c1. The Hall–Kier alpha value is -4.97. The van der Waals surface area contributed by atoms with Crippen molar-refractivity contribution in [2.24, 2.45) is 4.99 Å². The number of ether oxygens (including phenoxy) is 2. The topological polar surface area (TPSA) is 59.8 Å². The standard InChI is InChI=1S/C37H32N4O2/c1-22-16-26(41-31-14-8-7-12-29(31)37(3,4)30-13-9-15-38-35(30)41)21-27(17-22)42-33-20-25(18-23(2)39-33)36-40-34-28-11-6-5-10-24(28)19-32(34)43-36/h5-18,20-21,32,34H,19H2,1-4H3/t32-,34+/m0/s1. The Morgan fingerprint density at radius 1 is 0.884 bits per heavy atom. The molecule has 2 aromatic heterocycles. The van der Waals surface area contributed by atoms with Crippen LogP contribution in [0.5, 0.6) is 11.6 Å². The maximum absolute atomic E-state index is 6.47. The number of hydrogen-bond acceptors (Lipinski definition) is 6. The molecule has 0 saturated heterocycles. The largest absolute Gasteiger partial charge is 0.471 e. The van der Waals surface area contributed by atoms with Crippen molar-refractivity contribution in [2.75, 3.05) is 4.90 Å². The molecule has 6 nitrogen and oxygen atoms in total. The Balaban J connectivity index is 1.15. The first-order chi connectivity index (χ1) is 20.8. The first-order valence-corrected chi connectivity index (χ1v) is 14.8. The number of para-hydroxylation sites is 1. The van der Waals surface area contributed by atoms with Crippen molar-refractivity contribution in [3.63, 3.8) is 0 Å². The summed E-state index contributed by atoms with van der Waals surface area (Å²) in [5, 5.41) is 0. The summed E-state index contributed by atoms with van der Waals surface area (Å²) in [6.45, 7) is 8.58. The molecule has 0 radical (unpaired) electrons. The molecular weight excluding hydrogens is 532 g/mol. The number of benzene rings is 3. The number of aryl methyl sites for hydroxylation is 2. The predicted octanol–water partition coefficient (Wildman–Crippen LogP) is 8.44. The van der Waals surface area contributed by atoms with Gasteiger partial charge in [0.15, 0.2) is 0 Å². The smallest absolute Gasteiger partial charge is 0.220 e. The van der Waals surface area contributed by atoms with E-state index in [1.54, 1.807) is 0 Å². The van der Waals surface area contributed by atoms with Crippen molar-refractivity contribution in [1.82, 2.24) is 9.97 Å². The molecule has 4 heterocycles. The van der Waals surface area contributed by atoms with E-state index >= 15 is 0 Å². The minimum atomic E-state index is -0.173. The van der Waals surface area contributed by atoms with Crippen LogP contribution in [0.4, 0.5) is 17.2 Å². The average Bonchev–Trinajstić information content (AvgIpc) is 3.56. The van der Waals surface area contributed by atoms with Gasteiger partial charge in [-0.25, -0.2) is 15.0 Å². The highest BCUT2D eigenvalue weighted by molar-refractivity contribution is 5.96. The molecule has 2 aliphatic heterocycles. The fourth-order valence-corrected chi connectivity index (χ4v) is 6.87. The molecule has 0 saturated carbocycles. The summed E-state index contributed by atoms with van der Waals surface area (Å²) in [6, 6.07) is 31.5. The van der Waals surface area contributed by atoms with Crippen LogP contribution in [0.25, 0.3) is 0 Å². The Bertz CT molecular complexity index is 1900. The zero-order valence-corrected chi connectivity index (χ0v) is 24.7. The fourth-order valence-electron chi connectivity index (χ4n) is 6.87. The molecule has 0 bridgehead atoms. The van der Waals surface area contributed by atoms with Gasteiger partial charge in [-0.15, -0.1) is 0 Å². The molecule has 212 valence electrons. The second-order valence-corrected chi connectivity index (χ2v) is 12.2. The summed E-state index contributed by atoms with van der Waals surface area (Å²) in [4.78, 5) is 16.8. The van der Waals surface area contributed by atoms with Gasteiger partial charge in [-0.05, 0) is 66.4 Å². The zero-order chi connectivity index (χ0) is 29.3. The van der Waals surface area contributed by atoms with Crippen LogP contribution in [0.3, 0.4) is 0 Å². The quantitative estimate of drug-likeness (QED) is 0.219. The van der Waals surface area contributed by atoms with E-state index in [4.69, 9.17) is 24.4 Å². The van der Waals surface area contributed by atoms with Gasteiger partial charge in [-0.3, -0.25) is 4.90 Å². The van der Waals surface area contributed by atoms with Gasteiger partial charge in [0.2, 0.25) is 11.8 Å². The van der Waals surface area contributed by atoms with Gasteiger partial charge in [0, 0.05) is 47.0 Å². The van der Waals surface area contributed by atoms with E-state index in [1.165, 1.54) is 22.3 Å². The molecule has 5 aromatic rings. The monoisotopic (exact) mass is 564 g/mol. The zero-order valence-electron chi connectivity index (χ0n) is 24.7. The highest BCUT2D eigenvalue weighted by Crippen LogP contribution is 2.51. The van der Waals surface area contributed by atoms with E-state index in [0.717, 1.165) is 40.4 Å². The molecule has 3 aliphatic rings. The number of rotatable bonds is 4. The lowest BCUT2D eigenvalue weighted by Crippen LogP contribution is -2.31. The Labute approximate surface area is 251 Å². The fraction of sp³-hybridized carbons (Fsp3) is 0.216. The lowest BCUT2D eigenvalue weighted by Gasteiger charge is -2.41. The van der Waals surface area contributed by atoms with Crippen molar-refractivity contribution in [3.05, 3.63) is 136 Å². The second-order valence-electron chi connectivity index (χ2n) is 12.2. The first kappa shape index (κ1) is 25.7. The number of aliphatic imine (C=N–C) groups is 1. The third-order valence-corrected chi connectivity index (χ3v) is 8.85. The van der Waals surface area contributed by atoms with E-state index < -0.39 is 0 Å². The molecule has 1 aliphatic carbocycles. The summed E-state index contributed by atoms with van der Waals surface area (Å²) in [5.74, 6) is 2.80. The third-order valence-electron chi connectivity index (χ3n) is 8.85. The maximum atomic E-state index is 6.47. The Morgan fingerprint density at radius 3 is 2.60 bits per heavy atom. The van der Waals surface area contributed by atoms with Crippen molar-refractivity contribution < 1.29 is 9.47 Å². The van der Waals surface area contributed by atoms with Gasteiger partial charge < -0.3 is 9.47 Å². The van der Waals surface area contributed by atoms with Gasteiger partial charge in [0.1, 0.15) is 23.7 Å². The highest BCUT2D eigenvalue weighted by atomic mass is 16.5. The molecule has 0 fully saturated rings. The lowest BCUT2D eigenvalue weighted by atomic mass is 9.74. The van der Waals surface area contributed by atoms with Gasteiger partial charge in [0.05, 0.1) is 11.4 Å². The summed E-state index contributed by atoms with van der Waals surface area (Å²) >= 11 is 0. The molecule has 0 unspecified atom stereocenters. The minimum absolute atomic E-state index is 0.0391. The van der Waals surface area contributed by atoms with Gasteiger partial charge in [-0.2, -0.15) is 0 Å². The summed E-state index contributed by atoms with van der Waals surface area (Å²) in [7, 11) is 0. The lowest BCUT2D eigenvalue weighted by molar-refractivity contribution is 0.206. The third kappa shape index (κ3) is 4.20. The normalized spacial score (nSPS) is 19.1. The molecular formula is C37H32N4O2. The first-order valence-electron chi connectivity index (χ1n) is 14.8. The van der Waals surface area contributed by atoms with E-state index in [-0.39, 0.29) is 17.6 Å².